The fourth-order valence-electron chi connectivity index (χ4n) is 1.70. The molecule has 0 spiro atoms. The van der Waals surface area contributed by atoms with Crippen LogP contribution < -0.4 is 15.6 Å². The molecule has 2 N–H and O–H groups in total. The molecule has 0 saturated carbocycles. The van der Waals surface area contributed by atoms with Gasteiger partial charge in [-0.2, -0.15) is 0 Å². The van der Waals surface area contributed by atoms with Crippen LogP contribution in [0.5, 0.6) is 5.75 Å². The molecule has 0 fully saturated rings. The normalized spacial score (nSPS) is 9.95. The predicted molar refractivity (Wildman–Crippen MR) is 74.7 cm³/mol. The maximum absolute atomic E-state index is 11.9. The first-order chi connectivity index (χ1) is 10.0. The van der Waals surface area contributed by atoms with Crippen LogP contribution in [0.25, 0.3) is 0 Å². The zero-order chi connectivity index (χ0) is 15.4. The summed E-state index contributed by atoms with van der Waals surface area (Å²) in [7, 11) is 1.32. The minimum atomic E-state index is -0.609. The van der Waals surface area contributed by atoms with Crippen molar-refractivity contribution in [2.24, 2.45) is 0 Å². The number of benzene rings is 1. The van der Waals surface area contributed by atoms with E-state index in [1.54, 1.807) is 0 Å². The van der Waals surface area contributed by atoms with E-state index in [2.05, 4.69) is 10.3 Å². The molecule has 0 bridgehead atoms. The highest BCUT2D eigenvalue weighted by molar-refractivity contribution is 6.04. The smallest absolute Gasteiger partial charge is 0.312 e. The lowest BCUT2D eigenvalue weighted by atomic mass is 10.2. The molecule has 8 nitrogen and oxygen atoms in total. The molecule has 1 amide bonds. The fourth-order valence-corrected chi connectivity index (χ4v) is 1.70. The van der Waals surface area contributed by atoms with Crippen LogP contribution in [0.3, 0.4) is 0 Å². The number of nitrogens with zero attached hydrogens (tertiary/aromatic N) is 1. The summed E-state index contributed by atoms with van der Waals surface area (Å²) in [5.41, 5.74) is -0.297. The Morgan fingerprint density at radius 3 is 2.71 bits per heavy atom. The zero-order valence-corrected chi connectivity index (χ0v) is 11.0. The fraction of sp³-hybridized carbons (Fsp3) is 0.0769. The second-order valence-electron chi connectivity index (χ2n) is 4.04. The average Bonchev–Trinajstić information content (AvgIpc) is 2.47. The number of pyridine rings is 1. The molecule has 0 aliphatic rings. The van der Waals surface area contributed by atoms with Gasteiger partial charge in [0.25, 0.3) is 5.91 Å². The number of H-pyrrole nitrogens is 1. The van der Waals surface area contributed by atoms with E-state index >= 15 is 0 Å². The third-order valence-corrected chi connectivity index (χ3v) is 2.67. The van der Waals surface area contributed by atoms with Crippen molar-refractivity contribution in [2.75, 3.05) is 12.4 Å². The number of ether oxygens (including phenoxy) is 1. The highest BCUT2D eigenvalue weighted by Crippen LogP contribution is 2.29. The Morgan fingerprint density at radius 2 is 2.10 bits per heavy atom. The van der Waals surface area contributed by atoms with Gasteiger partial charge in [-0.05, 0) is 18.2 Å². The number of aromatic amines is 1. The Balaban J connectivity index is 2.27. The van der Waals surface area contributed by atoms with Crippen molar-refractivity contribution in [2.45, 2.75) is 0 Å². The first-order valence-electron chi connectivity index (χ1n) is 5.84. The molecule has 0 unspecified atom stereocenters. The molecule has 2 rings (SSSR count). The van der Waals surface area contributed by atoms with Gasteiger partial charge in [-0.3, -0.25) is 19.7 Å². The van der Waals surface area contributed by atoms with Crippen molar-refractivity contribution >= 4 is 17.3 Å². The van der Waals surface area contributed by atoms with Gasteiger partial charge >= 0.3 is 5.69 Å². The summed E-state index contributed by atoms with van der Waals surface area (Å²) in [6.45, 7) is 0. The molecule has 0 aliphatic heterocycles. The van der Waals surface area contributed by atoms with Crippen LogP contribution in [0.15, 0.2) is 41.3 Å². The van der Waals surface area contributed by atoms with E-state index in [1.807, 2.05) is 0 Å². The first-order valence-corrected chi connectivity index (χ1v) is 5.84. The first kappa shape index (κ1) is 14.3. The summed E-state index contributed by atoms with van der Waals surface area (Å²) in [4.78, 5) is 35.7. The van der Waals surface area contributed by atoms with Crippen LogP contribution in [0, 0.1) is 10.1 Å². The molecule has 1 aromatic carbocycles. The summed E-state index contributed by atoms with van der Waals surface area (Å²) in [5.74, 6) is -0.449. The van der Waals surface area contributed by atoms with Gasteiger partial charge in [-0.25, -0.2) is 0 Å². The van der Waals surface area contributed by atoms with E-state index < -0.39 is 16.4 Å². The Bertz CT molecular complexity index is 753. The Hall–Kier alpha value is -3.16. The summed E-state index contributed by atoms with van der Waals surface area (Å²) in [6.07, 6.45) is 1.34. The van der Waals surface area contributed by atoms with Crippen LogP contribution in [-0.2, 0) is 0 Å². The van der Waals surface area contributed by atoms with E-state index in [-0.39, 0.29) is 22.7 Å². The van der Waals surface area contributed by atoms with Crippen LogP contribution in [0.1, 0.15) is 10.4 Å². The van der Waals surface area contributed by atoms with Crippen molar-refractivity contribution in [1.29, 1.82) is 0 Å². The summed E-state index contributed by atoms with van der Waals surface area (Å²) in [5, 5.41) is 13.4. The van der Waals surface area contributed by atoms with Gasteiger partial charge in [0, 0.05) is 29.6 Å². The monoisotopic (exact) mass is 289 g/mol. The van der Waals surface area contributed by atoms with Gasteiger partial charge < -0.3 is 15.0 Å². The quantitative estimate of drug-likeness (QED) is 0.654. The van der Waals surface area contributed by atoms with Crippen molar-refractivity contribution in [3.63, 3.8) is 0 Å². The largest absolute Gasteiger partial charge is 0.490 e. The van der Waals surface area contributed by atoms with Gasteiger partial charge in [0.05, 0.1) is 12.0 Å². The van der Waals surface area contributed by atoms with Gasteiger partial charge in [-0.1, -0.05) is 0 Å². The highest BCUT2D eigenvalue weighted by Gasteiger charge is 2.16. The van der Waals surface area contributed by atoms with Crippen LogP contribution in [0.2, 0.25) is 0 Å². The third-order valence-electron chi connectivity index (χ3n) is 2.67. The number of anilines is 1. The number of aromatic nitrogens is 1. The molecule has 0 aliphatic carbocycles. The zero-order valence-electron chi connectivity index (χ0n) is 11.0. The van der Waals surface area contributed by atoms with Gasteiger partial charge in [-0.15, -0.1) is 0 Å². The number of methoxy groups -OCH3 is 1. The molecule has 108 valence electrons. The molecule has 1 heterocycles. The van der Waals surface area contributed by atoms with Gasteiger partial charge in [0.2, 0.25) is 5.56 Å². The lowest BCUT2D eigenvalue weighted by molar-refractivity contribution is -0.385. The third kappa shape index (κ3) is 3.24. The van der Waals surface area contributed by atoms with E-state index in [4.69, 9.17) is 4.74 Å². The molecular weight excluding hydrogens is 278 g/mol. The van der Waals surface area contributed by atoms with Crippen LogP contribution in [0.4, 0.5) is 11.4 Å². The topological polar surface area (TPSA) is 114 Å². The number of carbonyl (C=O) groups excluding carboxylic acids is 1. The molecule has 0 radical (unpaired) electrons. The average molecular weight is 289 g/mol. The van der Waals surface area contributed by atoms with Crippen molar-refractivity contribution in [3.8, 4) is 5.75 Å². The summed E-state index contributed by atoms with van der Waals surface area (Å²) >= 11 is 0. The predicted octanol–water partition coefficient (Wildman–Crippen LogP) is 1.54. The highest BCUT2D eigenvalue weighted by atomic mass is 16.6. The molecule has 1 aromatic heterocycles. The molecule has 2 aromatic rings. The molecular formula is C13H11N3O5. The maximum Gasteiger partial charge on any atom is 0.312 e. The second-order valence-corrected chi connectivity index (χ2v) is 4.04. The van der Waals surface area contributed by atoms with Crippen molar-refractivity contribution < 1.29 is 14.5 Å². The molecule has 21 heavy (non-hydrogen) atoms. The standard InChI is InChI=1S/C13H11N3O5/c1-21-11-3-2-9(7-10(11)16(19)20)15-13(18)8-4-5-14-12(17)6-8/h2-7H,1H3,(H,14,17)(H,15,18). The Labute approximate surface area is 118 Å². The Morgan fingerprint density at radius 1 is 1.33 bits per heavy atom. The van der Waals surface area contributed by atoms with Gasteiger partial charge in [0.15, 0.2) is 5.75 Å². The lowest BCUT2D eigenvalue weighted by Gasteiger charge is -2.07. The Kier molecular flexibility index (Phi) is 3.98. The second kappa shape index (κ2) is 5.87. The van der Waals surface area contributed by atoms with Crippen LogP contribution in [-0.4, -0.2) is 22.9 Å². The minimum absolute atomic E-state index is 0.0918. The number of nitro groups is 1. The van der Waals surface area contributed by atoms with Gasteiger partial charge in [0.1, 0.15) is 0 Å². The summed E-state index contributed by atoms with van der Waals surface area (Å²) < 4.78 is 4.87. The summed E-state index contributed by atoms with van der Waals surface area (Å²) in [6, 6.07) is 6.59. The SMILES string of the molecule is COc1ccc(NC(=O)c2cc[nH]c(=O)c2)cc1[N+](=O)[O-]. The maximum atomic E-state index is 11.9. The van der Waals surface area contributed by atoms with E-state index in [9.17, 15) is 19.7 Å². The van der Waals surface area contributed by atoms with Crippen molar-refractivity contribution in [3.05, 3.63) is 62.6 Å². The number of nitro benzene ring substituents is 1. The number of carbonyl (C=O) groups is 1. The molecule has 8 heteroatoms. The molecule has 0 atom stereocenters. The number of hydrogen-bond acceptors (Lipinski definition) is 5. The van der Waals surface area contributed by atoms with E-state index in [0.29, 0.717) is 0 Å². The number of nitrogens with one attached hydrogen (secondary N) is 2. The number of hydrogen-bond donors (Lipinski definition) is 2. The minimum Gasteiger partial charge on any atom is -0.490 e. The molecule has 0 saturated heterocycles. The number of rotatable bonds is 4. The number of amides is 1. The van der Waals surface area contributed by atoms with E-state index in [1.165, 1.54) is 37.6 Å². The lowest BCUT2D eigenvalue weighted by Crippen LogP contribution is -2.15. The van der Waals surface area contributed by atoms with Crippen LogP contribution >= 0.6 is 0 Å². The van der Waals surface area contributed by atoms with E-state index in [0.717, 1.165) is 6.07 Å². The van der Waals surface area contributed by atoms with Crippen molar-refractivity contribution in [1.82, 2.24) is 4.98 Å².